The Hall–Kier alpha value is -0.550. The molecule has 25 heavy (non-hydrogen) atoms. The average Bonchev–Trinajstić information content (AvgIpc) is 3.22. The molecule has 0 radical (unpaired) electrons. The molecule has 2 aliphatic heterocycles. The Morgan fingerprint density at radius 3 is 3.04 bits per heavy atom. The summed E-state index contributed by atoms with van der Waals surface area (Å²) >= 11 is 2.03. The number of aryl methyl sites for hydroxylation is 1. The molecule has 1 fully saturated rings. The number of fused-ring (bicyclic) bond motifs is 1. The van der Waals surface area contributed by atoms with Crippen LogP contribution in [0.15, 0.2) is 11.3 Å². The molecule has 0 spiro atoms. The van der Waals surface area contributed by atoms with Gasteiger partial charge in [-0.1, -0.05) is 0 Å². The molecule has 3 rings (SSSR count). The smallest absolute Gasteiger partial charge is 0.191 e. The second-order valence-corrected chi connectivity index (χ2v) is 7.96. The van der Waals surface area contributed by atoms with Crippen molar-refractivity contribution in [3.63, 3.8) is 0 Å². The molecule has 2 N–H and O–H groups in total. The SMILES string of the molecule is CCNC(=NCC1(N(C)C)CCSC1)NC1CCc2ncnn2C1.I. The van der Waals surface area contributed by atoms with Crippen LogP contribution in [0.5, 0.6) is 0 Å². The summed E-state index contributed by atoms with van der Waals surface area (Å²) in [6, 6.07) is 0.352. The number of hydrogen-bond acceptors (Lipinski definition) is 5. The summed E-state index contributed by atoms with van der Waals surface area (Å²) in [4.78, 5) is 11.6. The monoisotopic (exact) mass is 479 g/mol. The summed E-state index contributed by atoms with van der Waals surface area (Å²) in [6.07, 6.45) is 4.89. The van der Waals surface area contributed by atoms with E-state index in [1.165, 1.54) is 12.2 Å². The van der Waals surface area contributed by atoms with E-state index in [1.807, 2.05) is 16.4 Å². The first-order chi connectivity index (χ1) is 11.6. The first-order valence-corrected chi connectivity index (χ1v) is 9.95. The quantitative estimate of drug-likeness (QED) is 0.376. The van der Waals surface area contributed by atoms with E-state index in [9.17, 15) is 0 Å². The maximum atomic E-state index is 4.92. The van der Waals surface area contributed by atoms with Crippen LogP contribution in [0, 0.1) is 0 Å². The maximum absolute atomic E-state index is 4.92. The standard InChI is InChI=1S/C16H29N7S.HI/c1-4-17-15(18-10-16(22(2)3)7-8-24-11-16)21-13-5-6-14-19-12-20-23(14)9-13;/h12-13H,4-11H2,1-3H3,(H2,17,18,21);1H. The van der Waals surface area contributed by atoms with Gasteiger partial charge in [0.2, 0.25) is 0 Å². The normalized spacial score (nSPS) is 26.2. The van der Waals surface area contributed by atoms with E-state index in [4.69, 9.17) is 4.99 Å². The van der Waals surface area contributed by atoms with Gasteiger partial charge in [0.25, 0.3) is 0 Å². The van der Waals surface area contributed by atoms with Crippen molar-refractivity contribution >= 4 is 41.7 Å². The number of aliphatic imine (C=N–C) groups is 1. The minimum Gasteiger partial charge on any atom is -0.357 e. The molecule has 1 aromatic rings. The van der Waals surface area contributed by atoms with Gasteiger partial charge in [-0.3, -0.25) is 4.99 Å². The second kappa shape index (κ2) is 9.40. The highest BCUT2D eigenvalue weighted by Gasteiger charge is 2.36. The number of nitrogens with zero attached hydrogens (tertiary/aromatic N) is 5. The van der Waals surface area contributed by atoms with Gasteiger partial charge in [0.15, 0.2) is 5.96 Å². The van der Waals surface area contributed by atoms with E-state index < -0.39 is 0 Å². The number of likely N-dealkylation sites (N-methyl/N-ethyl adjacent to an activating group) is 1. The van der Waals surface area contributed by atoms with E-state index >= 15 is 0 Å². The predicted molar refractivity (Wildman–Crippen MR) is 115 cm³/mol. The maximum Gasteiger partial charge on any atom is 0.191 e. The molecule has 0 aromatic carbocycles. The summed E-state index contributed by atoms with van der Waals surface area (Å²) in [5, 5.41) is 11.3. The summed E-state index contributed by atoms with van der Waals surface area (Å²) < 4.78 is 2.00. The van der Waals surface area contributed by atoms with Gasteiger partial charge in [0.05, 0.1) is 13.1 Å². The largest absolute Gasteiger partial charge is 0.357 e. The van der Waals surface area contributed by atoms with Crippen LogP contribution in [0.3, 0.4) is 0 Å². The third kappa shape index (κ3) is 5.00. The van der Waals surface area contributed by atoms with Crippen molar-refractivity contribution in [2.75, 3.05) is 38.7 Å². The van der Waals surface area contributed by atoms with Crippen LogP contribution in [-0.4, -0.2) is 75.9 Å². The molecule has 3 heterocycles. The van der Waals surface area contributed by atoms with Gasteiger partial charge in [-0.25, -0.2) is 9.67 Å². The Kier molecular flexibility index (Phi) is 7.81. The Balaban J connectivity index is 0.00000225. The van der Waals surface area contributed by atoms with Gasteiger partial charge in [0.1, 0.15) is 12.2 Å². The summed E-state index contributed by atoms with van der Waals surface area (Å²) in [5.74, 6) is 4.40. The van der Waals surface area contributed by atoms with Crippen LogP contribution in [0.25, 0.3) is 0 Å². The lowest BCUT2D eigenvalue weighted by atomic mass is 9.98. The van der Waals surface area contributed by atoms with Crippen molar-refractivity contribution in [2.45, 2.75) is 44.3 Å². The molecule has 1 aromatic heterocycles. The lowest BCUT2D eigenvalue weighted by molar-refractivity contribution is 0.190. The fraction of sp³-hybridized carbons (Fsp3) is 0.812. The molecule has 7 nitrogen and oxygen atoms in total. The third-order valence-electron chi connectivity index (χ3n) is 5.05. The molecular weight excluding hydrogens is 449 g/mol. The topological polar surface area (TPSA) is 70.4 Å². The lowest BCUT2D eigenvalue weighted by Gasteiger charge is -2.34. The number of hydrogen-bond donors (Lipinski definition) is 2. The number of rotatable bonds is 5. The van der Waals surface area contributed by atoms with E-state index in [0.29, 0.717) is 6.04 Å². The highest BCUT2D eigenvalue weighted by molar-refractivity contribution is 14.0. The molecule has 2 aliphatic rings. The highest BCUT2D eigenvalue weighted by atomic mass is 127. The average molecular weight is 479 g/mol. The van der Waals surface area contributed by atoms with Crippen LogP contribution in [-0.2, 0) is 13.0 Å². The molecule has 2 unspecified atom stereocenters. The Bertz CT molecular complexity index is 569. The van der Waals surface area contributed by atoms with Gasteiger partial charge in [0, 0.05) is 30.3 Å². The minimum atomic E-state index is 0. The Morgan fingerprint density at radius 2 is 2.36 bits per heavy atom. The van der Waals surface area contributed by atoms with Crippen molar-refractivity contribution in [2.24, 2.45) is 4.99 Å². The summed E-state index contributed by atoms with van der Waals surface area (Å²) in [6.45, 7) is 4.68. The number of halogens is 1. The number of guanidine groups is 1. The fourth-order valence-electron chi connectivity index (χ4n) is 3.31. The minimum absolute atomic E-state index is 0. The predicted octanol–water partition coefficient (Wildman–Crippen LogP) is 1.20. The van der Waals surface area contributed by atoms with E-state index in [0.717, 1.165) is 50.0 Å². The van der Waals surface area contributed by atoms with Crippen LogP contribution < -0.4 is 10.6 Å². The molecule has 0 bridgehead atoms. The zero-order chi connectivity index (χ0) is 17.0. The second-order valence-electron chi connectivity index (χ2n) is 6.85. The number of thioether (sulfide) groups is 1. The molecule has 142 valence electrons. The molecule has 2 atom stereocenters. The Morgan fingerprint density at radius 1 is 1.52 bits per heavy atom. The van der Waals surface area contributed by atoms with Gasteiger partial charge in [-0.2, -0.15) is 16.9 Å². The van der Waals surface area contributed by atoms with Gasteiger partial charge < -0.3 is 15.5 Å². The number of aromatic nitrogens is 3. The van der Waals surface area contributed by atoms with Crippen molar-refractivity contribution in [3.8, 4) is 0 Å². The van der Waals surface area contributed by atoms with Crippen LogP contribution in [0.4, 0.5) is 0 Å². The third-order valence-corrected chi connectivity index (χ3v) is 6.29. The van der Waals surface area contributed by atoms with Crippen molar-refractivity contribution in [1.29, 1.82) is 0 Å². The molecule has 1 saturated heterocycles. The van der Waals surface area contributed by atoms with Crippen molar-refractivity contribution < 1.29 is 0 Å². The molecule has 0 amide bonds. The highest BCUT2D eigenvalue weighted by Crippen LogP contribution is 2.32. The van der Waals surface area contributed by atoms with Crippen molar-refractivity contribution in [1.82, 2.24) is 30.3 Å². The van der Waals surface area contributed by atoms with Crippen molar-refractivity contribution in [3.05, 3.63) is 12.2 Å². The van der Waals surface area contributed by atoms with Crippen LogP contribution >= 0.6 is 35.7 Å². The number of nitrogens with one attached hydrogen (secondary N) is 2. The lowest BCUT2D eigenvalue weighted by Crippen LogP contribution is -2.50. The summed E-state index contributed by atoms with van der Waals surface area (Å²) in [7, 11) is 4.35. The molecule has 9 heteroatoms. The van der Waals surface area contributed by atoms with Crippen LogP contribution in [0.1, 0.15) is 25.6 Å². The van der Waals surface area contributed by atoms with Gasteiger partial charge in [-0.05, 0) is 39.6 Å². The van der Waals surface area contributed by atoms with E-state index in [-0.39, 0.29) is 29.5 Å². The fourth-order valence-corrected chi connectivity index (χ4v) is 4.85. The van der Waals surface area contributed by atoms with Gasteiger partial charge in [-0.15, -0.1) is 24.0 Å². The molecule has 0 saturated carbocycles. The molecule has 0 aliphatic carbocycles. The van der Waals surface area contributed by atoms with Gasteiger partial charge >= 0.3 is 0 Å². The van der Waals surface area contributed by atoms with E-state index in [1.54, 1.807) is 6.33 Å². The first-order valence-electron chi connectivity index (χ1n) is 8.80. The zero-order valence-corrected chi connectivity index (χ0v) is 18.5. The van der Waals surface area contributed by atoms with Crippen LogP contribution in [0.2, 0.25) is 0 Å². The summed E-state index contributed by atoms with van der Waals surface area (Å²) in [5.41, 5.74) is 0.193. The van der Waals surface area contributed by atoms with E-state index in [2.05, 4.69) is 46.6 Å². The zero-order valence-electron chi connectivity index (χ0n) is 15.4. The first kappa shape index (κ1) is 20.8. The Labute approximate surface area is 171 Å². The molecular formula is C16H30IN7S.